The van der Waals surface area contributed by atoms with Gasteiger partial charge in [0.05, 0.1) is 11.9 Å². The van der Waals surface area contributed by atoms with E-state index in [0.717, 1.165) is 48.2 Å². The zero-order valence-corrected chi connectivity index (χ0v) is 18.9. The molecule has 2 fully saturated rings. The van der Waals surface area contributed by atoms with Crippen molar-refractivity contribution in [3.8, 4) is 11.3 Å². The second-order valence-corrected chi connectivity index (χ2v) is 9.09. The summed E-state index contributed by atoms with van der Waals surface area (Å²) in [6.07, 6.45) is 9.15. The van der Waals surface area contributed by atoms with Crippen LogP contribution >= 0.6 is 0 Å². The first-order valence-corrected chi connectivity index (χ1v) is 11.5. The van der Waals surface area contributed by atoms with Crippen LogP contribution in [0.1, 0.15) is 28.8 Å². The van der Waals surface area contributed by atoms with Gasteiger partial charge in [0.15, 0.2) is 0 Å². The van der Waals surface area contributed by atoms with Gasteiger partial charge in [-0.1, -0.05) is 6.07 Å². The van der Waals surface area contributed by atoms with E-state index in [4.69, 9.17) is 0 Å². The van der Waals surface area contributed by atoms with E-state index in [1.165, 1.54) is 12.1 Å². The highest BCUT2D eigenvalue weighted by atomic mass is 19.1. The molecule has 173 valence electrons. The number of benzene rings is 1. The molecule has 0 spiro atoms. The number of carbonyl (C=O) groups excluding carboxylic acids is 1. The minimum atomic E-state index is -0.330. The van der Waals surface area contributed by atoms with Crippen molar-refractivity contribution in [1.29, 1.82) is 0 Å². The number of nitrogens with zero attached hydrogens (tertiary/aromatic N) is 6. The maximum absolute atomic E-state index is 13.9. The maximum atomic E-state index is 13.9. The average molecular weight is 459 g/mol. The smallest absolute Gasteiger partial charge is 0.253 e. The molecule has 8 nitrogen and oxygen atoms in total. The highest BCUT2D eigenvalue weighted by Crippen LogP contribution is 2.30. The lowest BCUT2D eigenvalue weighted by atomic mass is 9.97. The standard InChI is InChI=1S/C25H25FN7O/c1-16-2-3-17(10-22(16)26)25(34)31-8-5-19(6-9-31)32-13-20(14-32)33-12-18(11-30-33)23-21-4-7-27-24(21)29-15-28-23/h2-4,7,10-12,15,19H,5-6,8-9,13-14H2,1H3,(H,27,28,29). The lowest BCUT2D eigenvalue weighted by Crippen LogP contribution is -2.56. The van der Waals surface area contributed by atoms with Crippen molar-refractivity contribution in [3.63, 3.8) is 0 Å². The van der Waals surface area contributed by atoms with Crippen molar-refractivity contribution in [2.24, 2.45) is 0 Å². The van der Waals surface area contributed by atoms with Crippen LogP contribution in [0.3, 0.4) is 0 Å². The summed E-state index contributed by atoms with van der Waals surface area (Å²) < 4.78 is 15.8. The Morgan fingerprint density at radius 1 is 1.15 bits per heavy atom. The van der Waals surface area contributed by atoms with Gasteiger partial charge in [-0.25, -0.2) is 14.4 Å². The van der Waals surface area contributed by atoms with E-state index in [9.17, 15) is 9.18 Å². The Labute approximate surface area is 196 Å². The van der Waals surface area contributed by atoms with Gasteiger partial charge >= 0.3 is 0 Å². The van der Waals surface area contributed by atoms with Crippen molar-refractivity contribution >= 4 is 16.9 Å². The first kappa shape index (κ1) is 21.0. The van der Waals surface area contributed by atoms with E-state index in [1.54, 1.807) is 25.4 Å². The van der Waals surface area contributed by atoms with Crippen LogP contribution in [0.5, 0.6) is 0 Å². The molecule has 6 rings (SSSR count). The number of H-pyrrole nitrogens is 1. The normalized spacial score (nSPS) is 17.9. The summed E-state index contributed by atoms with van der Waals surface area (Å²) in [5.74, 6) is -0.415. The number of halogens is 1. The number of aromatic nitrogens is 5. The lowest BCUT2D eigenvalue weighted by molar-refractivity contribution is 0.0514. The number of likely N-dealkylation sites (tertiary alicyclic amines) is 2. The molecular formula is C25H25FN7O. The molecule has 0 atom stereocenters. The average Bonchev–Trinajstić information content (AvgIpc) is 3.50. The zero-order valence-electron chi connectivity index (χ0n) is 18.9. The molecule has 3 aromatic heterocycles. The molecule has 2 aliphatic rings. The van der Waals surface area contributed by atoms with Crippen LogP contribution < -0.4 is 0 Å². The third-order valence-electron chi connectivity index (χ3n) is 6.99. The Bertz CT molecular complexity index is 1350. The molecule has 0 bridgehead atoms. The predicted molar refractivity (Wildman–Crippen MR) is 125 cm³/mol. The Kier molecular flexibility index (Phi) is 5.13. The number of aryl methyl sites for hydroxylation is 1. The van der Waals surface area contributed by atoms with Crippen LogP contribution in [-0.2, 0) is 0 Å². The highest BCUT2D eigenvalue weighted by Gasteiger charge is 2.37. The van der Waals surface area contributed by atoms with Gasteiger partial charge in [-0.15, -0.1) is 0 Å². The summed E-state index contributed by atoms with van der Waals surface area (Å²) in [4.78, 5) is 28.9. The van der Waals surface area contributed by atoms with Gasteiger partial charge in [-0.3, -0.25) is 14.4 Å². The molecule has 1 N–H and O–H groups in total. The fraction of sp³-hybridized carbons (Fsp3) is 0.320. The number of aromatic amines is 1. The molecular weight excluding hydrogens is 433 g/mol. The Morgan fingerprint density at radius 3 is 2.76 bits per heavy atom. The van der Waals surface area contributed by atoms with Crippen LogP contribution in [-0.4, -0.2) is 72.7 Å². The highest BCUT2D eigenvalue weighted by molar-refractivity contribution is 5.94. The topological polar surface area (TPSA) is 82.9 Å². The van der Waals surface area contributed by atoms with Crippen molar-refractivity contribution < 1.29 is 9.18 Å². The largest absolute Gasteiger partial charge is 0.346 e. The van der Waals surface area contributed by atoms with E-state index in [-0.39, 0.29) is 11.7 Å². The summed E-state index contributed by atoms with van der Waals surface area (Å²) in [6, 6.07) is 8.40. The summed E-state index contributed by atoms with van der Waals surface area (Å²) in [6.45, 7) is 4.82. The molecule has 0 unspecified atom stereocenters. The van der Waals surface area contributed by atoms with Gasteiger partial charge in [0.25, 0.3) is 5.91 Å². The van der Waals surface area contributed by atoms with Crippen LogP contribution in [0.25, 0.3) is 22.3 Å². The number of piperidine rings is 1. The SMILES string of the molecule is Cc1ccc(C(=O)N2CCC(N3C[C](n4cc(-c5ncnc6[nH]ccc56)cn4)C3)CC2)cc1F. The van der Waals surface area contributed by atoms with Gasteiger partial charge < -0.3 is 9.88 Å². The number of fused-ring (bicyclic) bond motifs is 1. The first-order chi connectivity index (χ1) is 16.6. The van der Waals surface area contributed by atoms with E-state index < -0.39 is 0 Å². The van der Waals surface area contributed by atoms with E-state index in [1.807, 2.05) is 34.2 Å². The second kappa shape index (κ2) is 8.32. The van der Waals surface area contributed by atoms with Crippen molar-refractivity contribution in [1.82, 2.24) is 34.5 Å². The Balaban J connectivity index is 1.05. The second-order valence-electron chi connectivity index (χ2n) is 9.09. The monoisotopic (exact) mass is 458 g/mol. The maximum Gasteiger partial charge on any atom is 0.253 e. The number of carbonyl (C=O) groups is 1. The molecule has 1 amide bonds. The number of rotatable bonds is 4. The van der Waals surface area contributed by atoms with Gasteiger partial charge in [0.2, 0.25) is 0 Å². The Morgan fingerprint density at radius 2 is 1.97 bits per heavy atom. The number of amides is 1. The minimum Gasteiger partial charge on any atom is -0.346 e. The van der Waals surface area contributed by atoms with E-state index in [0.29, 0.717) is 30.3 Å². The zero-order chi connectivity index (χ0) is 23.2. The molecule has 2 saturated heterocycles. The predicted octanol–water partition coefficient (Wildman–Crippen LogP) is 3.27. The van der Waals surface area contributed by atoms with Crippen molar-refractivity contribution in [3.05, 3.63) is 72.2 Å². The van der Waals surface area contributed by atoms with Gasteiger partial charge in [-0.05, 0) is 43.5 Å². The van der Waals surface area contributed by atoms with Crippen molar-refractivity contribution in [2.75, 3.05) is 26.2 Å². The minimum absolute atomic E-state index is 0.0847. The van der Waals surface area contributed by atoms with E-state index in [2.05, 4.69) is 25.0 Å². The van der Waals surface area contributed by atoms with Crippen LogP contribution in [0.4, 0.5) is 4.39 Å². The quantitative estimate of drug-likeness (QED) is 0.508. The molecule has 1 radical (unpaired) electrons. The third kappa shape index (κ3) is 3.66. The molecule has 9 heteroatoms. The van der Waals surface area contributed by atoms with Crippen LogP contribution in [0, 0.1) is 18.8 Å². The molecule has 0 saturated carbocycles. The summed E-state index contributed by atoms with van der Waals surface area (Å²) in [7, 11) is 0. The third-order valence-corrected chi connectivity index (χ3v) is 6.99. The molecule has 1 aromatic carbocycles. The fourth-order valence-corrected chi connectivity index (χ4v) is 4.89. The van der Waals surface area contributed by atoms with Gasteiger partial charge in [-0.2, -0.15) is 5.10 Å². The summed E-state index contributed by atoms with van der Waals surface area (Å²) >= 11 is 0. The molecule has 0 aliphatic carbocycles. The van der Waals surface area contributed by atoms with Crippen LogP contribution in [0.2, 0.25) is 0 Å². The molecule has 34 heavy (non-hydrogen) atoms. The Hall–Kier alpha value is -3.59. The molecule has 5 heterocycles. The number of hydrogen-bond acceptors (Lipinski definition) is 5. The first-order valence-electron chi connectivity index (χ1n) is 11.5. The van der Waals surface area contributed by atoms with E-state index >= 15 is 0 Å². The van der Waals surface area contributed by atoms with Crippen molar-refractivity contribution in [2.45, 2.75) is 25.8 Å². The summed E-state index contributed by atoms with van der Waals surface area (Å²) in [5.41, 5.74) is 3.64. The number of nitrogens with one attached hydrogen (secondary N) is 1. The van der Waals surface area contributed by atoms with Gasteiger partial charge in [0, 0.05) is 61.1 Å². The summed E-state index contributed by atoms with van der Waals surface area (Å²) in [5, 5.41) is 5.55. The lowest BCUT2D eigenvalue weighted by Gasteiger charge is -2.46. The molecule has 4 aromatic rings. The van der Waals surface area contributed by atoms with Gasteiger partial charge in [0.1, 0.15) is 23.8 Å². The fourth-order valence-electron chi connectivity index (χ4n) is 4.89. The molecule has 2 aliphatic heterocycles. The number of hydrogen-bond donors (Lipinski definition) is 1. The van der Waals surface area contributed by atoms with Crippen LogP contribution in [0.15, 0.2) is 49.2 Å².